The fourth-order valence-electron chi connectivity index (χ4n) is 5.44. The molecule has 13 heteroatoms. The van der Waals surface area contributed by atoms with Gasteiger partial charge in [0.1, 0.15) is 11.6 Å². The predicted octanol–water partition coefficient (Wildman–Crippen LogP) is 5.59. The molecule has 0 unspecified atom stereocenters. The molecular formula is C35H45FN4O7S. The number of sulfonamides is 1. The quantitative estimate of drug-likeness (QED) is 0.282. The number of aliphatic hydroxyl groups is 1. The average Bonchev–Trinajstić information content (AvgIpc) is 3.06. The Morgan fingerprint density at radius 2 is 1.77 bits per heavy atom. The minimum atomic E-state index is -4.04. The lowest BCUT2D eigenvalue weighted by atomic mass is 10.0. The van der Waals surface area contributed by atoms with Crippen molar-refractivity contribution in [2.45, 2.75) is 63.2 Å². The minimum absolute atomic E-state index is 0.0454. The smallest absolute Gasteiger partial charge is 0.323 e. The highest BCUT2D eigenvalue weighted by Crippen LogP contribution is 2.29. The van der Waals surface area contributed by atoms with E-state index in [9.17, 15) is 27.5 Å². The first-order valence-electron chi connectivity index (χ1n) is 16.1. The Hall–Kier alpha value is -4.04. The number of anilines is 2. The minimum Gasteiger partial charge on any atom is -0.490 e. The van der Waals surface area contributed by atoms with Gasteiger partial charge in [-0.2, -0.15) is 4.31 Å². The Labute approximate surface area is 282 Å². The first-order chi connectivity index (χ1) is 22.9. The summed E-state index contributed by atoms with van der Waals surface area (Å²) in [6.45, 7) is 5.57. The van der Waals surface area contributed by atoms with Crippen molar-refractivity contribution >= 4 is 33.3 Å². The SMILES string of the molecule is C[C@@H]1CN([C@@H](C)CO)C(=O)c2cc(NC(=O)Nc3ccccc3)ccc2O[C@@H](C)CCCCO[C@H]1CN(C)S(=O)(=O)c1cccc(F)c1. The van der Waals surface area contributed by atoms with Gasteiger partial charge in [0.2, 0.25) is 10.0 Å². The molecule has 0 spiro atoms. The molecule has 260 valence electrons. The third kappa shape index (κ3) is 9.75. The summed E-state index contributed by atoms with van der Waals surface area (Å²) in [5, 5.41) is 15.7. The number of carbonyl (C=O) groups excluding carboxylic acids is 2. The van der Waals surface area contributed by atoms with E-state index in [2.05, 4.69) is 10.6 Å². The number of carbonyl (C=O) groups is 2. The van der Waals surface area contributed by atoms with Gasteiger partial charge in [0, 0.05) is 44.0 Å². The number of hydrogen-bond acceptors (Lipinski definition) is 7. The number of likely N-dealkylation sites (N-methyl/N-ethyl adjacent to an activating group) is 1. The van der Waals surface area contributed by atoms with Crippen LogP contribution in [-0.4, -0.2) is 86.3 Å². The van der Waals surface area contributed by atoms with E-state index in [1.807, 2.05) is 19.9 Å². The van der Waals surface area contributed by atoms with Gasteiger partial charge in [-0.15, -0.1) is 0 Å². The average molecular weight is 685 g/mol. The first-order valence-corrected chi connectivity index (χ1v) is 17.5. The predicted molar refractivity (Wildman–Crippen MR) is 182 cm³/mol. The van der Waals surface area contributed by atoms with Crippen molar-refractivity contribution < 1.29 is 37.0 Å². The number of halogens is 1. The maximum Gasteiger partial charge on any atom is 0.323 e. The van der Waals surface area contributed by atoms with Gasteiger partial charge in [-0.3, -0.25) is 4.79 Å². The molecule has 0 saturated heterocycles. The highest BCUT2D eigenvalue weighted by Gasteiger charge is 2.32. The van der Waals surface area contributed by atoms with Gasteiger partial charge in [-0.05, 0) is 81.6 Å². The number of nitrogens with zero attached hydrogens (tertiary/aromatic N) is 2. The summed E-state index contributed by atoms with van der Waals surface area (Å²) in [6, 6.07) is 17.5. The van der Waals surface area contributed by atoms with E-state index in [4.69, 9.17) is 9.47 Å². The number of amides is 3. The van der Waals surface area contributed by atoms with Crippen LogP contribution in [0.1, 0.15) is 50.4 Å². The van der Waals surface area contributed by atoms with E-state index >= 15 is 0 Å². The second kappa shape index (κ2) is 16.9. The molecule has 1 aliphatic heterocycles. The second-order valence-electron chi connectivity index (χ2n) is 12.2. The zero-order valence-electron chi connectivity index (χ0n) is 27.8. The number of urea groups is 1. The molecule has 4 rings (SSSR count). The van der Waals surface area contributed by atoms with Gasteiger partial charge in [-0.25, -0.2) is 17.6 Å². The normalized spacial score (nSPS) is 20.3. The fourth-order valence-corrected chi connectivity index (χ4v) is 6.65. The maximum atomic E-state index is 14.3. The van der Waals surface area contributed by atoms with E-state index < -0.39 is 45.8 Å². The van der Waals surface area contributed by atoms with Crippen molar-refractivity contribution in [3.05, 3.63) is 84.2 Å². The van der Waals surface area contributed by atoms with Gasteiger partial charge in [0.25, 0.3) is 5.91 Å². The van der Waals surface area contributed by atoms with Crippen LogP contribution in [0.3, 0.4) is 0 Å². The summed E-state index contributed by atoms with van der Waals surface area (Å²) in [4.78, 5) is 28.4. The van der Waals surface area contributed by atoms with E-state index in [1.54, 1.807) is 49.4 Å². The molecule has 0 radical (unpaired) electrons. The summed E-state index contributed by atoms with van der Waals surface area (Å²) in [5.41, 5.74) is 1.17. The van der Waals surface area contributed by atoms with Gasteiger partial charge in [0.15, 0.2) is 0 Å². The van der Waals surface area contributed by atoms with Crippen molar-refractivity contribution in [1.29, 1.82) is 0 Å². The number of hydrogen-bond donors (Lipinski definition) is 3. The number of para-hydroxylation sites is 1. The Balaban J connectivity index is 1.63. The molecule has 0 bridgehead atoms. The monoisotopic (exact) mass is 684 g/mol. The molecule has 0 aromatic heterocycles. The molecule has 1 heterocycles. The second-order valence-corrected chi connectivity index (χ2v) is 14.2. The van der Waals surface area contributed by atoms with Crippen LogP contribution in [-0.2, 0) is 14.8 Å². The molecule has 3 N–H and O–H groups in total. The maximum absolute atomic E-state index is 14.3. The first kappa shape index (κ1) is 36.8. The summed E-state index contributed by atoms with van der Waals surface area (Å²) in [5.74, 6) is -1.14. The van der Waals surface area contributed by atoms with Crippen LogP contribution < -0.4 is 15.4 Å². The summed E-state index contributed by atoms with van der Waals surface area (Å²) in [6.07, 6.45) is 1.24. The summed E-state index contributed by atoms with van der Waals surface area (Å²) >= 11 is 0. The van der Waals surface area contributed by atoms with Crippen molar-refractivity contribution in [1.82, 2.24) is 9.21 Å². The Kier molecular flexibility index (Phi) is 12.9. The van der Waals surface area contributed by atoms with Crippen LogP contribution in [0.4, 0.5) is 20.6 Å². The van der Waals surface area contributed by atoms with Gasteiger partial charge in [0.05, 0.1) is 35.3 Å². The van der Waals surface area contributed by atoms with Gasteiger partial charge >= 0.3 is 6.03 Å². The van der Waals surface area contributed by atoms with Crippen molar-refractivity contribution in [3.8, 4) is 5.75 Å². The van der Waals surface area contributed by atoms with E-state index in [0.717, 1.165) is 16.8 Å². The molecule has 48 heavy (non-hydrogen) atoms. The molecule has 11 nitrogen and oxygen atoms in total. The van der Waals surface area contributed by atoms with Crippen molar-refractivity contribution in [2.75, 3.05) is 44.0 Å². The van der Waals surface area contributed by atoms with Gasteiger partial charge in [-0.1, -0.05) is 31.2 Å². The van der Waals surface area contributed by atoms with Crippen LogP contribution >= 0.6 is 0 Å². The molecule has 0 aliphatic carbocycles. The Morgan fingerprint density at radius 3 is 2.48 bits per heavy atom. The topological polar surface area (TPSA) is 138 Å². The van der Waals surface area contributed by atoms with Crippen molar-refractivity contribution in [3.63, 3.8) is 0 Å². The van der Waals surface area contributed by atoms with E-state index in [0.29, 0.717) is 36.6 Å². The van der Waals surface area contributed by atoms with Crippen LogP contribution in [0.2, 0.25) is 0 Å². The lowest BCUT2D eigenvalue weighted by Crippen LogP contribution is -2.48. The highest BCUT2D eigenvalue weighted by molar-refractivity contribution is 7.89. The lowest BCUT2D eigenvalue weighted by Gasteiger charge is -2.35. The Bertz CT molecular complexity index is 1640. The number of benzene rings is 3. The molecule has 0 fully saturated rings. The third-order valence-corrected chi connectivity index (χ3v) is 10.1. The Morgan fingerprint density at radius 1 is 1.04 bits per heavy atom. The van der Waals surface area contributed by atoms with Crippen LogP contribution in [0, 0.1) is 11.7 Å². The van der Waals surface area contributed by atoms with Crippen LogP contribution in [0.5, 0.6) is 5.75 Å². The molecule has 3 amide bonds. The number of ether oxygens (including phenoxy) is 2. The van der Waals surface area contributed by atoms with Crippen LogP contribution in [0.25, 0.3) is 0 Å². The molecule has 3 aromatic rings. The summed E-state index contributed by atoms with van der Waals surface area (Å²) < 4.78 is 54.2. The largest absolute Gasteiger partial charge is 0.490 e. The number of rotatable bonds is 8. The van der Waals surface area contributed by atoms with E-state index in [1.165, 1.54) is 30.1 Å². The number of aliphatic hydroxyl groups excluding tert-OH is 1. The lowest BCUT2D eigenvalue weighted by molar-refractivity contribution is -0.00833. The molecule has 3 aromatic carbocycles. The summed E-state index contributed by atoms with van der Waals surface area (Å²) in [7, 11) is -2.62. The number of fused-ring (bicyclic) bond motifs is 1. The third-order valence-electron chi connectivity index (χ3n) is 8.28. The van der Waals surface area contributed by atoms with Gasteiger partial charge < -0.3 is 30.1 Å². The highest BCUT2D eigenvalue weighted by atomic mass is 32.2. The molecule has 0 saturated carbocycles. The zero-order valence-corrected chi connectivity index (χ0v) is 28.6. The van der Waals surface area contributed by atoms with Crippen LogP contribution in [0.15, 0.2) is 77.7 Å². The molecule has 1 aliphatic rings. The molecule has 4 atom stereocenters. The zero-order chi connectivity index (χ0) is 34.8. The molecular weight excluding hydrogens is 639 g/mol. The number of nitrogens with one attached hydrogen (secondary N) is 2. The fraction of sp³-hybridized carbons (Fsp3) is 0.429. The van der Waals surface area contributed by atoms with Crippen molar-refractivity contribution in [2.24, 2.45) is 5.92 Å². The van der Waals surface area contributed by atoms with E-state index in [-0.39, 0.29) is 36.3 Å². The standard InChI is InChI=1S/C35H45FN4O7S/c1-24-21-40(25(2)23-41)34(42)31-20-29(38-35(43)37-28-13-6-5-7-14-28)16-17-32(31)47-26(3)11-8-9-18-46-33(24)22-39(4)48(44,45)30-15-10-12-27(36)19-30/h5-7,10,12-17,19-20,24-26,33,41H,8-9,11,18,21-23H2,1-4H3,(H2,37,38,43)/t24-,25+,26+,33+/m1/s1.